The Bertz CT molecular complexity index is 101. The van der Waals surface area contributed by atoms with Gasteiger partial charge in [0.05, 0.1) is 12.7 Å². The summed E-state index contributed by atoms with van der Waals surface area (Å²) in [6.45, 7) is -2.42. The third-order valence-electron chi connectivity index (χ3n) is 0.264. The molecule has 1 atom stereocenters. The van der Waals surface area contributed by atoms with Crippen molar-refractivity contribution in [3.05, 3.63) is 0 Å². The minimum Gasteiger partial charge on any atom is -0.394 e. The highest BCUT2D eigenvalue weighted by atomic mass is 32.5. The molecule has 0 heterocycles. The fraction of sp³-hybridized carbons (Fsp3) is 1.00. The topological polar surface area (TPSA) is 101 Å². The van der Waals surface area contributed by atoms with E-state index < -0.39 is 12.8 Å². The molecule has 0 spiro atoms. The summed E-state index contributed by atoms with van der Waals surface area (Å²) in [7, 11) is 0. The zero-order valence-corrected chi connectivity index (χ0v) is 7.09. The summed E-state index contributed by atoms with van der Waals surface area (Å²) < 4.78 is 0. The smallest absolute Gasteiger partial charge is 0.319 e. The molecule has 0 aromatic rings. The van der Waals surface area contributed by atoms with Gasteiger partial charge in [-0.25, -0.2) is 0 Å². The second-order valence-corrected chi connectivity index (χ2v) is 4.04. The maximum Gasteiger partial charge on any atom is 0.319 e. The Labute approximate surface area is 63.8 Å². The van der Waals surface area contributed by atoms with E-state index >= 15 is 0 Å². The van der Waals surface area contributed by atoms with Gasteiger partial charge >= 0.3 is 6.72 Å². The Morgan fingerprint density at radius 3 is 1.50 bits per heavy atom. The molecule has 0 aliphatic heterocycles. The van der Waals surface area contributed by atoms with Crippen molar-refractivity contribution in [3.8, 4) is 0 Å². The van der Waals surface area contributed by atoms with Gasteiger partial charge in [0.15, 0.2) is 0 Å². The van der Waals surface area contributed by atoms with Crippen LogP contribution in [0.15, 0.2) is 0 Å². The SMILES string of the molecule is CC(O)CO.OP(O)(O)=S. The molecule has 0 fully saturated rings. The van der Waals surface area contributed by atoms with Crippen molar-refractivity contribution in [2.24, 2.45) is 0 Å². The molecule has 7 heteroatoms. The summed E-state index contributed by atoms with van der Waals surface area (Å²) in [6.07, 6.45) is -0.560. The fourth-order valence-corrected chi connectivity index (χ4v) is 0. The fourth-order valence-electron chi connectivity index (χ4n) is 0. The van der Waals surface area contributed by atoms with Crippen LogP contribution < -0.4 is 0 Å². The first kappa shape index (κ1) is 13.1. The summed E-state index contributed by atoms with van der Waals surface area (Å²) in [4.78, 5) is 22.7. The average Bonchev–Trinajstić information content (AvgIpc) is 1.61. The van der Waals surface area contributed by atoms with Crippen molar-refractivity contribution in [2.75, 3.05) is 6.61 Å². The molecule has 0 radical (unpaired) electrons. The summed E-state index contributed by atoms with van der Waals surface area (Å²) >= 11 is 3.60. The van der Waals surface area contributed by atoms with Crippen molar-refractivity contribution in [1.29, 1.82) is 0 Å². The molecule has 0 bridgehead atoms. The van der Waals surface area contributed by atoms with E-state index in [1.165, 1.54) is 6.92 Å². The summed E-state index contributed by atoms with van der Waals surface area (Å²) in [6, 6.07) is 0. The minimum atomic E-state index is -3.81. The highest BCUT2D eigenvalue weighted by Gasteiger charge is 1.92. The number of aliphatic hydroxyl groups excluding tert-OH is 2. The van der Waals surface area contributed by atoms with Gasteiger partial charge in [0.2, 0.25) is 0 Å². The van der Waals surface area contributed by atoms with Crippen molar-refractivity contribution in [3.63, 3.8) is 0 Å². The quantitative estimate of drug-likeness (QED) is 0.324. The molecule has 0 amide bonds. The highest BCUT2D eigenvalue weighted by Crippen LogP contribution is 2.26. The second-order valence-electron chi connectivity index (χ2n) is 1.54. The van der Waals surface area contributed by atoms with Gasteiger partial charge in [-0.15, -0.1) is 0 Å². The standard InChI is InChI=1S/C3H8O2.H3O3PS/c1-3(5)2-4;1-4(2,3)5/h3-5H,2H2,1H3;(H3,1,2,3,5). The lowest BCUT2D eigenvalue weighted by Crippen LogP contribution is -2.03. The van der Waals surface area contributed by atoms with E-state index in [0.717, 1.165) is 0 Å². The molecule has 0 saturated carbocycles. The summed E-state index contributed by atoms with van der Waals surface area (Å²) in [5, 5.41) is 16.0. The van der Waals surface area contributed by atoms with Crippen LogP contribution in [0, 0.1) is 0 Å². The molecule has 0 aliphatic carbocycles. The van der Waals surface area contributed by atoms with Gasteiger partial charge in [-0.3, -0.25) is 0 Å². The van der Waals surface area contributed by atoms with E-state index in [2.05, 4.69) is 11.8 Å². The number of rotatable bonds is 1. The van der Waals surface area contributed by atoms with Crippen LogP contribution in [-0.2, 0) is 11.8 Å². The van der Waals surface area contributed by atoms with Gasteiger partial charge in [-0.1, -0.05) is 0 Å². The van der Waals surface area contributed by atoms with Crippen molar-refractivity contribution >= 4 is 18.5 Å². The summed E-state index contributed by atoms with van der Waals surface area (Å²) in [5.74, 6) is 0. The third-order valence-corrected chi connectivity index (χ3v) is 0.264. The Morgan fingerprint density at radius 2 is 1.50 bits per heavy atom. The molecule has 0 aromatic carbocycles. The first-order chi connectivity index (χ1) is 4.27. The van der Waals surface area contributed by atoms with Crippen LogP contribution in [0.4, 0.5) is 0 Å². The monoisotopic (exact) mass is 190 g/mol. The normalized spacial score (nSPS) is 13.4. The number of aliphatic hydroxyl groups is 2. The van der Waals surface area contributed by atoms with Crippen LogP contribution in [0.3, 0.4) is 0 Å². The van der Waals surface area contributed by atoms with Gasteiger partial charge in [0, 0.05) is 0 Å². The Morgan fingerprint density at radius 1 is 1.40 bits per heavy atom. The van der Waals surface area contributed by atoms with Crippen LogP contribution in [0.25, 0.3) is 0 Å². The van der Waals surface area contributed by atoms with E-state index in [-0.39, 0.29) is 6.61 Å². The van der Waals surface area contributed by atoms with E-state index in [4.69, 9.17) is 24.9 Å². The largest absolute Gasteiger partial charge is 0.394 e. The lowest BCUT2D eigenvalue weighted by atomic mass is 10.5. The zero-order valence-electron chi connectivity index (χ0n) is 5.38. The Hall–Kier alpha value is 0.450. The summed E-state index contributed by atoms with van der Waals surface area (Å²) in [5.41, 5.74) is 0. The van der Waals surface area contributed by atoms with Gasteiger partial charge in [-0.05, 0) is 18.7 Å². The molecule has 64 valence electrons. The second kappa shape index (κ2) is 6.18. The molecular weight excluding hydrogens is 179 g/mol. The minimum absolute atomic E-state index is 0.139. The Kier molecular flexibility index (Phi) is 8.08. The van der Waals surface area contributed by atoms with Gasteiger partial charge in [0.25, 0.3) is 0 Å². The van der Waals surface area contributed by atoms with Gasteiger partial charge in [-0.2, -0.15) is 0 Å². The molecule has 0 aromatic heterocycles. The zero-order chi connectivity index (χ0) is 8.78. The van der Waals surface area contributed by atoms with Crippen molar-refractivity contribution < 1.29 is 24.9 Å². The molecule has 0 rings (SSSR count). The van der Waals surface area contributed by atoms with Gasteiger partial charge in [0.1, 0.15) is 0 Å². The van der Waals surface area contributed by atoms with Crippen LogP contribution in [-0.4, -0.2) is 37.6 Å². The van der Waals surface area contributed by atoms with E-state index in [1.807, 2.05) is 0 Å². The highest BCUT2D eigenvalue weighted by molar-refractivity contribution is 8.06. The average molecular weight is 190 g/mol. The number of hydrogen-bond acceptors (Lipinski definition) is 3. The van der Waals surface area contributed by atoms with E-state index in [0.29, 0.717) is 0 Å². The van der Waals surface area contributed by atoms with E-state index in [1.54, 1.807) is 0 Å². The molecule has 5 N–H and O–H groups in total. The van der Waals surface area contributed by atoms with Crippen molar-refractivity contribution in [2.45, 2.75) is 13.0 Å². The molecule has 0 saturated heterocycles. The predicted molar refractivity (Wildman–Crippen MR) is 39.7 cm³/mol. The Balaban J connectivity index is 0. The van der Waals surface area contributed by atoms with Crippen LogP contribution in [0.1, 0.15) is 6.92 Å². The van der Waals surface area contributed by atoms with E-state index in [9.17, 15) is 0 Å². The molecular formula is C3H11O5PS. The molecule has 5 nitrogen and oxygen atoms in total. The van der Waals surface area contributed by atoms with Crippen LogP contribution in [0.5, 0.6) is 0 Å². The lowest BCUT2D eigenvalue weighted by molar-refractivity contribution is 0.110. The lowest BCUT2D eigenvalue weighted by Gasteiger charge is -1.90. The maximum atomic E-state index is 8.11. The third kappa shape index (κ3) is 78.1. The number of hydrogen-bond donors (Lipinski definition) is 5. The van der Waals surface area contributed by atoms with Crippen LogP contribution in [0.2, 0.25) is 0 Å². The van der Waals surface area contributed by atoms with Crippen LogP contribution >= 0.6 is 6.72 Å². The maximum absolute atomic E-state index is 8.11. The van der Waals surface area contributed by atoms with Gasteiger partial charge < -0.3 is 24.9 Å². The van der Waals surface area contributed by atoms with Crippen molar-refractivity contribution in [1.82, 2.24) is 0 Å². The first-order valence-corrected chi connectivity index (χ1v) is 5.00. The first-order valence-electron chi connectivity index (χ1n) is 2.34. The molecule has 1 unspecified atom stereocenters. The molecule has 10 heavy (non-hydrogen) atoms. The molecule has 0 aliphatic rings. The predicted octanol–water partition coefficient (Wildman–Crippen LogP) is -1.45.